The number of rotatable bonds is 4. The van der Waals surface area contributed by atoms with Gasteiger partial charge in [0.1, 0.15) is 0 Å². The molecule has 7 nitrogen and oxygen atoms in total. The number of hydrogen-bond acceptors (Lipinski definition) is 6. The fourth-order valence-corrected chi connectivity index (χ4v) is 5.52. The fraction of sp³-hybridized carbons (Fsp3) is 0.278. The minimum atomic E-state index is -3.07. The Bertz CT molecular complexity index is 1090. The molecule has 1 aliphatic rings. The van der Waals surface area contributed by atoms with Crippen LogP contribution < -0.4 is 5.32 Å². The first-order valence-corrected chi connectivity index (χ1v) is 11.2. The van der Waals surface area contributed by atoms with E-state index in [2.05, 4.69) is 15.4 Å². The summed E-state index contributed by atoms with van der Waals surface area (Å²) in [5.41, 5.74) is 2.70. The lowest BCUT2D eigenvalue weighted by Crippen LogP contribution is -2.16. The van der Waals surface area contributed by atoms with E-state index >= 15 is 0 Å². The summed E-state index contributed by atoms with van der Waals surface area (Å²) in [4.78, 5) is 16.9. The molecule has 0 bridgehead atoms. The summed E-state index contributed by atoms with van der Waals surface area (Å²) in [5, 5.41) is 9.57. The Labute approximate surface area is 161 Å². The SMILES string of the molecule is Cc1csc(NC(=O)c2cc(-c3ccccc3)n([C@@H]3CCS(=O)(=O)C3)n2)n1. The van der Waals surface area contributed by atoms with Crippen molar-refractivity contribution in [3.63, 3.8) is 0 Å². The summed E-state index contributed by atoms with van der Waals surface area (Å²) in [6.07, 6.45) is 0.497. The van der Waals surface area contributed by atoms with Gasteiger partial charge in [-0.25, -0.2) is 13.4 Å². The topological polar surface area (TPSA) is 94.0 Å². The van der Waals surface area contributed by atoms with Gasteiger partial charge in [0.15, 0.2) is 20.7 Å². The van der Waals surface area contributed by atoms with Gasteiger partial charge in [-0.3, -0.25) is 14.8 Å². The number of nitrogens with one attached hydrogen (secondary N) is 1. The molecular weight excluding hydrogens is 384 g/mol. The van der Waals surface area contributed by atoms with Crippen molar-refractivity contribution < 1.29 is 13.2 Å². The lowest BCUT2D eigenvalue weighted by molar-refractivity contribution is 0.102. The van der Waals surface area contributed by atoms with E-state index in [9.17, 15) is 13.2 Å². The van der Waals surface area contributed by atoms with Gasteiger partial charge < -0.3 is 0 Å². The predicted octanol–water partition coefficient (Wildman–Crippen LogP) is 2.93. The number of aryl methyl sites for hydroxylation is 1. The lowest BCUT2D eigenvalue weighted by atomic mass is 10.1. The number of anilines is 1. The van der Waals surface area contributed by atoms with Crippen molar-refractivity contribution in [3.8, 4) is 11.3 Å². The third-order valence-corrected chi connectivity index (χ3v) is 7.06. The Balaban J connectivity index is 1.70. The van der Waals surface area contributed by atoms with Crippen molar-refractivity contribution >= 4 is 32.2 Å². The zero-order valence-corrected chi connectivity index (χ0v) is 16.3. The van der Waals surface area contributed by atoms with Crippen molar-refractivity contribution in [3.05, 3.63) is 53.2 Å². The molecule has 0 unspecified atom stereocenters. The highest BCUT2D eigenvalue weighted by molar-refractivity contribution is 7.91. The van der Waals surface area contributed by atoms with Crippen molar-refractivity contribution in [2.24, 2.45) is 0 Å². The van der Waals surface area contributed by atoms with E-state index in [1.165, 1.54) is 11.3 Å². The van der Waals surface area contributed by atoms with Crippen LogP contribution in [-0.2, 0) is 9.84 Å². The van der Waals surface area contributed by atoms with Crippen LogP contribution in [0.1, 0.15) is 28.6 Å². The van der Waals surface area contributed by atoms with Crippen LogP contribution in [0.4, 0.5) is 5.13 Å². The minimum Gasteiger partial charge on any atom is -0.296 e. The van der Waals surface area contributed by atoms with Gasteiger partial charge >= 0.3 is 0 Å². The molecule has 1 amide bonds. The van der Waals surface area contributed by atoms with Gasteiger partial charge in [0, 0.05) is 5.38 Å². The largest absolute Gasteiger partial charge is 0.296 e. The van der Waals surface area contributed by atoms with Gasteiger partial charge in [-0.2, -0.15) is 5.10 Å². The van der Waals surface area contributed by atoms with Crippen LogP contribution in [0.25, 0.3) is 11.3 Å². The molecule has 1 N–H and O–H groups in total. The second kappa shape index (κ2) is 6.90. The van der Waals surface area contributed by atoms with Crippen molar-refractivity contribution in [1.82, 2.24) is 14.8 Å². The molecule has 1 fully saturated rings. The third kappa shape index (κ3) is 3.79. The number of benzene rings is 1. The number of thiazole rings is 1. The van der Waals surface area contributed by atoms with Crippen LogP contribution in [0.3, 0.4) is 0 Å². The summed E-state index contributed by atoms with van der Waals surface area (Å²) < 4.78 is 25.5. The number of hydrogen-bond donors (Lipinski definition) is 1. The van der Waals surface area contributed by atoms with Crippen molar-refractivity contribution in [2.75, 3.05) is 16.8 Å². The van der Waals surface area contributed by atoms with Crippen LogP contribution in [0.5, 0.6) is 0 Å². The second-order valence-corrected chi connectivity index (χ2v) is 9.62. The van der Waals surface area contributed by atoms with Gasteiger partial charge in [0.05, 0.1) is 28.9 Å². The number of amides is 1. The molecule has 2 aromatic heterocycles. The van der Waals surface area contributed by atoms with Gasteiger partial charge in [0.25, 0.3) is 5.91 Å². The second-order valence-electron chi connectivity index (χ2n) is 6.53. The van der Waals surface area contributed by atoms with E-state index in [0.717, 1.165) is 17.0 Å². The molecule has 1 saturated heterocycles. The molecule has 140 valence electrons. The molecule has 27 heavy (non-hydrogen) atoms. The normalized spacial score (nSPS) is 18.5. The molecule has 9 heteroatoms. The summed E-state index contributed by atoms with van der Waals surface area (Å²) in [6.45, 7) is 1.86. The quantitative estimate of drug-likeness (QED) is 0.724. The molecule has 1 atom stereocenters. The number of nitrogens with zero attached hydrogens (tertiary/aromatic N) is 3. The highest BCUT2D eigenvalue weighted by atomic mass is 32.2. The molecule has 3 heterocycles. The van der Waals surface area contributed by atoms with E-state index < -0.39 is 9.84 Å². The first-order chi connectivity index (χ1) is 12.9. The van der Waals surface area contributed by atoms with Crippen LogP contribution in [-0.4, -0.2) is 40.6 Å². The van der Waals surface area contributed by atoms with E-state index in [4.69, 9.17) is 0 Å². The minimum absolute atomic E-state index is 0.0429. The first kappa shape index (κ1) is 17.9. The molecule has 0 radical (unpaired) electrons. The Kier molecular flexibility index (Phi) is 4.56. The molecule has 1 aromatic carbocycles. The van der Waals surface area contributed by atoms with E-state index in [0.29, 0.717) is 11.6 Å². The molecule has 0 saturated carbocycles. The molecule has 0 spiro atoms. The zero-order chi connectivity index (χ0) is 19.0. The Morgan fingerprint density at radius 1 is 1.30 bits per heavy atom. The van der Waals surface area contributed by atoms with Crippen LogP contribution in [0.15, 0.2) is 41.8 Å². The van der Waals surface area contributed by atoms with Crippen LogP contribution in [0, 0.1) is 6.92 Å². The molecule has 3 aromatic rings. The van der Waals surface area contributed by atoms with Crippen LogP contribution >= 0.6 is 11.3 Å². The Morgan fingerprint density at radius 3 is 2.70 bits per heavy atom. The van der Waals surface area contributed by atoms with Crippen LogP contribution in [0.2, 0.25) is 0 Å². The Hall–Kier alpha value is -2.52. The maximum atomic E-state index is 12.6. The molecular formula is C18H18N4O3S2. The van der Waals surface area contributed by atoms with Gasteiger partial charge in [-0.05, 0) is 25.0 Å². The van der Waals surface area contributed by atoms with Gasteiger partial charge in [-0.15, -0.1) is 11.3 Å². The smallest absolute Gasteiger partial charge is 0.277 e. The maximum Gasteiger partial charge on any atom is 0.277 e. The Morgan fingerprint density at radius 2 is 2.07 bits per heavy atom. The third-order valence-electron chi connectivity index (χ3n) is 4.43. The number of carbonyl (C=O) groups excluding carboxylic acids is 1. The summed E-state index contributed by atoms with van der Waals surface area (Å²) in [7, 11) is -3.07. The number of carbonyl (C=O) groups is 1. The van der Waals surface area contributed by atoms with E-state index in [1.807, 2.05) is 42.6 Å². The summed E-state index contributed by atoms with van der Waals surface area (Å²) >= 11 is 1.35. The van der Waals surface area contributed by atoms with E-state index in [-0.39, 0.29) is 29.1 Å². The van der Waals surface area contributed by atoms with Crippen molar-refractivity contribution in [1.29, 1.82) is 0 Å². The van der Waals surface area contributed by atoms with Gasteiger partial charge in [0.2, 0.25) is 0 Å². The summed E-state index contributed by atoms with van der Waals surface area (Å²) in [6, 6.07) is 11.0. The van der Waals surface area contributed by atoms with E-state index in [1.54, 1.807) is 10.7 Å². The average molecular weight is 403 g/mol. The van der Waals surface area contributed by atoms with Gasteiger partial charge in [-0.1, -0.05) is 30.3 Å². The number of aromatic nitrogens is 3. The monoisotopic (exact) mass is 402 g/mol. The average Bonchev–Trinajstić information content (AvgIpc) is 3.34. The molecule has 0 aliphatic carbocycles. The first-order valence-electron chi connectivity index (χ1n) is 8.50. The van der Waals surface area contributed by atoms with Crippen molar-refractivity contribution in [2.45, 2.75) is 19.4 Å². The maximum absolute atomic E-state index is 12.6. The fourth-order valence-electron chi connectivity index (χ4n) is 3.15. The standard InChI is InChI=1S/C18H18N4O3S2/c1-12-10-26-18(19-12)20-17(23)15-9-16(13-5-3-2-4-6-13)22(21-15)14-7-8-27(24,25)11-14/h2-6,9-10,14H,7-8,11H2,1H3,(H,19,20,23)/t14-/m1/s1. The molecule has 4 rings (SSSR count). The zero-order valence-electron chi connectivity index (χ0n) is 14.6. The highest BCUT2D eigenvalue weighted by Crippen LogP contribution is 2.30. The molecule has 1 aliphatic heterocycles. The lowest BCUT2D eigenvalue weighted by Gasteiger charge is -2.13. The predicted molar refractivity (Wildman–Crippen MR) is 105 cm³/mol. The highest BCUT2D eigenvalue weighted by Gasteiger charge is 2.32. The number of sulfone groups is 1. The summed E-state index contributed by atoms with van der Waals surface area (Å²) in [5.74, 6) is -0.173.